The Bertz CT molecular complexity index is 538. The lowest BCUT2D eigenvalue weighted by Gasteiger charge is -2.26. The first kappa shape index (κ1) is 14.8. The van der Waals surface area contributed by atoms with E-state index in [1.54, 1.807) is 24.9 Å². The molecule has 0 saturated heterocycles. The fraction of sp³-hybridized carbons (Fsp3) is 0.385. The van der Waals surface area contributed by atoms with E-state index in [0.717, 1.165) is 12.1 Å². The Balaban J connectivity index is 3.18. The molecule has 0 aromatic heterocycles. The van der Waals surface area contributed by atoms with Crippen molar-refractivity contribution in [3.8, 4) is 12.1 Å². The molecule has 1 atom stereocenters. The van der Waals surface area contributed by atoms with Crippen molar-refractivity contribution < 1.29 is 13.2 Å². The van der Waals surface area contributed by atoms with Gasteiger partial charge < -0.3 is 4.90 Å². The molecular weight excluding hydrogens is 255 g/mol. The maximum atomic E-state index is 12.6. The minimum Gasteiger partial charge on any atom is -0.370 e. The molecule has 0 aliphatic rings. The number of benzene rings is 1. The van der Waals surface area contributed by atoms with Gasteiger partial charge in [0.1, 0.15) is 6.07 Å². The molecule has 0 saturated carbocycles. The normalized spacial score (nSPS) is 12.4. The van der Waals surface area contributed by atoms with E-state index in [1.807, 2.05) is 6.07 Å². The van der Waals surface area contributed by atoms with E-state index in [1.165, 1.54) is 6.07 Å². The van der Waals surface area contributed by atoms with Gasteiger partial charge in [0, 0.05) is 13.1 Å². The Hall–Kier alpha value is -2.21. The number of nitrogens with zero attached hydrogens (tertiary/aromatic N) is 3. The van der Waals surface area contributed by atoms with E-state index in [2.05, 4.69) is 0 Å². The molecule has 1 aromatic carbocycles. The van der Waals surface area contributed by atoms with Gasteiger partial charge in [-0.05, 0) is 25.1 Å². The zero-order valence-electron chi connectivity index (χ0n) is 10.5. The standard InChI is InChI=1S/C13H12F3N3/c1-9(5-6-17)19(2)12-4-3-11(13(14,15)16)7-10(12)8-18/h3-4,7,9H,5H2,1-2H3. The Morgan fingerprint density at radius 1 is 1.32 bits per heavy atom. The summed E-state index contributed by atoms with van der Waals surface area (Å²) in [6.07, 6.45) is -4.25. The highest BCUT2D eigenvalue weighted by atomic mass is 19.4. The average Bonchev–Trinajstić information content (AvgIpc) is 2.36. The quantitative estimate of drug-likeness (QED) is 0.844. The van der Waals surface area contributed by atoms with Gasteiger partial charge in [0.25, 0.3) is 0 Å². The first-order valence-electron chi connectivity index (χ1n) is 5.52. The molecule has 1 unspecified atom stereocenters. The minimum atomic E-state index is -4.47. The first-order valence-corrected chi connectivity index (χ1v) is 5.52. The van der Waals surface area contributed by atoms with Gasteiger partial charge >= 0.3 is 6.18 Å². The molecule has 19 heavy (non-hydrogen) atoms. The number of nitriles is 2. The van der Waals surface area contributed by atoms with Crippen LogP contribution in [0.4, 0.5) is 18.9 Å². The van der Waals surface area contributed by atoms with E-state index >= 15 is 0 Å². The highest BCUT2D eigenvalue weighted by Gasteiger charge is 2.31. The van der Waals surface area contributed by atoms with Gasteiger partial charge in [-0.25, -0.2) is 0 Å². The summed E-state index contributed by atoms with van der Waals surface area (Å²) in [7, 11) is 1.64. The summed E-state index contributed by atoms with van der Waals surface area (Å²) in [6, 6.07) is 6.58. The van der Waals surface area contributed by atoms with Crippen LogP contribution in [0.5, 0.6) is 0 Å². The Kier molecular flexibility index (Phi) is 4.39. The number of alkyl halides is 3. The number of halogens is 3. The van der Waals surface area contributed by atoms with Crippen molar-refractivity contribution in [2.75, 3.05) is 11.9 Å². The fourth-order valence-corrected chi connectivity index (χ4v) is 1.62. The largest absolute Gasteiger partial charge is 0.416 e. The topological polar surface area (TPSA) is 50.8 Å². The van der Waals surface area contributed by atoms with Crippen LogP contribution >= 0.6 is 0 Å². The summed E-state index contributed by atoms with van der Waals surface area (Å²) in [5, 5.41) is 17.6. The number of rotatable bonds is 3. The van der Waals surface area contributed by atoms with Crippen LogP contribution in [0, 0.1) is 22.7 Å². The summed E-state index contributed by atoms with van der Waals surface area (Å²) < 4.78 is 37.7. The summed E-state index contributed by atoms with van der Waals surface area (Å²) in [5.41, 5.74) is -0.519. The van der Waals surface area contributed by atoms with Gasteiger partial charge in [-0.15, -0.1) is 0 Å². The van der Waals surface area contributed by atoms with E-state index in [-0.39, 0.29) is 18.0 Å². The third kappa shape index (κ3) is 3.38. The molecule has 1 rings (SSSR count). The van der Waals surface area contributed by atoms with Crippen LogP contribution < -0.4 is 4.90 Å². The van der Waals surface area contributed by atoms with Crippen molar-refractivity contribution in [3.63, 3.8) is 0 Å². The van der Waals surface area contributed by atoms with Crippen molar-refractivity contribution in [1.82, 2.24) is 0 Å². The zero-order chi connectivity index (χ0) is 14.6. The molecule has 3 nitrogen and oxygen atoms in total. The molecule has 100 valence electrons. The molecule has 0 N–H and O–H groups in total. The van der Waals surface area contributed by atoms with Crippen LogP contribution in [-0.2, 0) is 6.18 Å². The van der Waals surface area contributed by atoms with Crippen LogP contribution in [0.25, 0.3) is 0 Å². The van der Waals surface area contributed by atoms with Crippen LogP contribution in [-0.4, -0.2) is 13.1 Å². The first-order chi connectivity index (χ1) is 8.81. The molecule has 1 aromatic rings. The maximum absolute atomic E-state index is 12.6. The third-order valence-corrected chi connectivity index (χ3v) is 2.87. The fourth-order valence-electron chi connectivity index (χ4n) is 1.62. The SMILES string of the molecule is CC(CC#N)N(C)c1ccc(C(F)(F)F)cc1C#N. The van der Waals surface area contributed by atoms with Crippen molar-refractivity contribution in [1.29, 1.82) is 10.5 Å². The lowest BCUT2D eigenvalue weighted by atomic mass is 10.1. The smallest absolute Gasteiger partial charge is 0.370 e. The lowest BCUT2D eigenvalue weighted by Crippen LogP contribution is -2.29. The van der Waals surface area contributed by atoms with E-state index in [9.17, 15) is 13.2 Å². The summed E-state index contributed by atoms with van der Waals surface area (Å²) in [6.45, 7) is 1.77. The Labute approximate surface area is 109 Å². The van der Waals surface area contributed by atoms with Crippen molar-refractivity contribution >= 4 is 5.69 Å². The summed E-state index contributed by atoms with van der Waals surface area (Å²) in [5.74, 6) is 0. The van der Waals surface area contributed by atoms with E-state index in [0.29, 0.717) is 5.69 Å². The average molecular weight is 267 g/mol. The second-order valence-electron chi connectivity index (χ2n) is 4.16. The van der Waals surface area contributed by atoms with Gasteiger partial charge in [0.15, 0.2) is 0 Å². The zero-order valence-corrected chi connectivity index (χ0v) is 10.5. The predicted octanol–water partition coefficient (Wildman–Crippen LogP) is 3.32. The van der Waals surface area contributed by atoms with Gasteiger partial charge in [0.2, 0.25) is 0 Å². The molecular formula is C13H12F3N3. The molecule has 0 fully saturated rings. The van der Waals surface area contributed by atoms with Crippen LogP contribution in [0.2, 0.25) is 0 Å². The van der Waals surface area contributed by atoms with Crippen LogP contribution in [0.15, 0.2) is 18.2 Å². The highest BCUT2D eigenvalue weighted by Crippen LogP contribution is 2.32. The number of hydrogen-bond acceptors (Lipinski definition) is 3. The monoisotopic (exact) mass is 267 g/mol. The van der Waals surface area contributed by atoms with Gasteiger partial charge in [0.05, 0.1) is 29.3 Å². The lowest BCUT2D eigenvalue weighted by molar-refractivity contribution is -0.137. The maximum Gasteiger partial charge on any atom is 0.416 e. The van der Waals surface area contributed by atoms with Crippen LogP contribution in [0.1, 0.15) is 24.5 Å². The molecule has 0 bridgehead atoms. The minimum absolute atomic E-state index is 0.0536. The van der Waals surface area contributed by atoms with Gasteiger partial charge in [-0.2, -0.15) is 23.7 Å². The van der Waals surface area contributed by atoms with E-state index < -0.39 is 11.7 Å². The van der Waals surface area contributed by atoms with Crippen molar-refractivity contribution in [2.24, 2.45) is 0 Å². The summed E-state index contributed by atoms with van der Waals surface area (Å²) in [4.78, 5) is 1.63. The predicted molar refractivity (Wildman–Crippen MR) is 64.3 cm³/mol. The Morgan fingerprint density at radius 2 is 1.95 bits per heavy atom. The molecule has 0 amide bonds. The second kappa shape index (κ2) is 5.62. The van der Waals surface area contributed by atoms with Crippen LogP contribution in [0.3, 0.4) is 0 Å². The van der Waals surface area contributed by atoms with Gasteiger partial charge in [-0.3, -0.25) is 0 Å². The third-order valence-electron chi connectivity index (χ3n) is 2.87. The number of anilines is 1. The second-order valence-corrected chi connectivity index (χ2v) is 4.16. The molecule has 6 heteroatoms. The summed E-state index contributed by atoms with van der Waals surface area (Å²) >= 11 is 0. The van der Waals surface area contributed by atoms with Crippen molar-refractivity contribution in [3.05, 3.63) is 29.3 Å². The molecule has 0 radical (unpaired) electrons. The van der Waals surface area contributed by atoms with Gasteiger partial charge in [-0.1, -0.05) is 0 Å². The highest BCUT2D eigenvalue weighted by molar-refractivity contribution is 5.61. The van der Waals surface area contributed by atoms with E-state index in [4.69, 9.17) is 10.5 Å². The number of hydrogen-bond donors (Lipinski definition) is 0. The Morgan fingerprint density at radius 3 is 2.42 bits per heavy atom. The molecule has 0 aliphatic heterocycles. The van der Waals surface area contributed by atoms with Crippen molar-refractivity contribution in [2.45, 2.75) is 25.6 Å². The molecule has 0 heterocycles. The molecule has 0 spiro atoms. The molecule has 0 aliphatic carbocycles.